The van der Waals surface area contributed by atoms with Crippen LogP contribution in [-0.2, 0) is 32.2 Å². The Morgan fingerprint density at radius 3 is 2.67 bits per heavy atom. The van der Waals surface area contributed by atoms with E-state index in [1.165, 1.54) is 22.1 Å². The molecule has 1 fully saturated rings. The Morgan fingerprint density at radius 2 is 1.87 bits per heavy atom. The molecule has 8 nitrogen and oxygen atoms in total. The molecular formula is C32H31ClF3N7OS. The Kier molecular flexibility index (Phi) is 8.15. The van der Waals surface area contributed by atoms with E-state index in [2.05, 4.69) is 43.0 Å². The molecule has 1 aliphatic carbocycles. The highest BCUT2D eigenvalue weighted by atomic mass is 35.5. The van der Waals surface area contributed by atoms with Crippen LogP contribution in [0.25, 0.3) is 20.7 Å². The summed E-state index contributed by atoms with van der Waals surface area (Å²) in [6.45, 7) is 6.20. The van der Waals surface area contributed by atoms with Gasteiger partial charge in [-0.25, -0.2) is 9.97 Å². The second-order valence-electron chi connectivity index (χ2n) is 11.5. The SMILES string of the molecule is CN1CCN(CCn2cc3c(n2)CCc2c-3sc3ncnc(Nc4ccc(OCc5cccc(C(F)(F)F)c5)c(Cl)c4)c23)CC1. The van der Waals surface area contributed by atoms with Crippen molar-refractivity contribution in [2.75, 3.05) is 45.1 Å². The van der Waals surface area contributed by atoms with Gasteiger partial charge in [0.15, 0.2) is 0 Å². The minimum absolute atomic E-state index is 0.0432. The first-order valence-corrected chi connectivity index (χ1v) is 16.0. The van der Waals surface area contributed by atoms with Crippen molar-refractivity contribution in [3.8, 4) is 16.2 Å². The van der Waals surface area contributed by atoms with Crippen molar-refractivity contribution < 1.29 is 17.9 Å². The molecule has 1 N–H and O–H groups in total. The van der Waals surface area contributed by atoms with Crippen LogP contribution in [-0.4, -0.2) is 69.3 Å². The third kappa shape index (κ3) is 6.37. The average molecular weight is 654 g/mol. The Labute approximate surface area is 267 Å². The number of hydrogen-bond acceptors (Lipinski definition) is 8. The normalized spacial score (nSPS) is 15.7. The van der Waals surface area contributed by atoms with Gasteiger partial charge in [0.1, 0.15) is 29.3 Å². The standard InChI is InChI=1S/C32H31ClF3N7OS/c1-41-9-11-42(12-10-41)13-14-43-17-24-26(40-43)7-6-23-28-30(37-19-38-31(28)45-29(23)24)39-22-5-8-27(25(33)16-22)44-18-20-3-2-4-21(15-20)32(34,35)36/h2-5,8,15-17,19H,6-7,9-14,18H2,1H3,(H,37,38,39). The molecule has 1 saturated heterocycles. The lowest BCUT2D eigenvalue weighted by Gasteiger charge is -2.32. The molecule has 0 radical (unpaired) electrons. The second-order valence-corrected chi connectivity index (χ2v) is 12.9. The number of aromatic nitrogens is 4. The first-order valence-electron chi connectivity index (χ1n) is 14.8. The number of ether oxygens (including phenoxy) is 1. The Morgan fingerprint density at radius 1 is 1.02 bits per heavy atom. The van der Waals surface area contributed by atoms with Gasteiger partial charge in [0.25, 0.3) is 0 Å². The van der Waals surface area contributed by atoms with Crippen molar-refractivity contribution in [1.82, 2.24) is 29.5 Å². The number of hydrogen-bond donors (Lipinski definition) is 1. The van der Waals surface area contributed by atoms with Crippen LogP contribution >= 0.6 is 22.9 Å². The van der Waals surface area contributed by atoms with Gasteiger partial charge in [-0.05, 0) is 61.3 Å². The molecule has 0 atom stereocenters. The van der Waals surface area contributed by atoms with E-state index in [1.807, 2.05) is 6.07 Å². The van der Waals surface area contributed by atoms with E-state index in [4.69, 9.17) is 21.4 Å². The monoisotopic (exact) mass is 653 g/mol. The van der Waals surface area contributed by atoms with Gasteiger partial charge in [0.2, 0.25) is 0 Å². The maximum atomic E-state index is 13.1. The fourth-order valence-corrected chi connectivity index (χ4v) is 7.34. The molecule has 2 aromatic carbocycles. The number of piperazine rings is 1. The highest BCUT2D eigenvalue weighted by molar-refractivity contribution is 7.22. The van der Waals surface area contributed by atoms with Gasteiger partial charge < -0.3 is 15.0 Å². The minimum Gasteiger partial charge on any atom is -0.487 e. The molecular weight excluding hydrogens is 623 g/mol. The molecule has 0 saturated carbocycles. The van der Waals surface area contributed by atoms with E-state index < -0.39 is 11.7 Å². The van der Waals surface area contributed by atoms with E-state index in [0.29, 0.717) is 27.8 Å². The van der Waals surface area contributed by atoms with Gasteiger partial charge in [0.05, 0.1) is 28.2 Å². The number of nitrogens with zero attached hydrogens (tertiary/aromatic N) is 6. The molecule has 13 heteroatoms. The third-order valence-electron chi connectivity index (χ3n) is 8.37. The van der Waals surface area contributed by atoms with Crippen molar-refractivity contribution in [3.63, 3.8) is 0 Å². The predicted molar refractivity (Wildman–Crippen MR) is 170 cm³/mol. The fraction of sp³-hybridized carbons (Fsp3) is 0.344. The van der Waals surface area contributed by atoms with E-state index >= 15 is 0 Å². The molecule has 5 aromatic rings. The lowest BCUT2D eigenvalue weighted by Crippen LogP contribution is -2.45. The lowest BCUT2D eigenvalue weighted by atomic mass is 9.95. The first kappa shape index (κ1) is 30.0. The molecule has 7 rings (SSSR count). The number of halogens is 4. The van der Waals surface area contributed by atoms with Gasteiger partial charge in [-0.2, -0.15) is 18.3 Å². The van der Waals surface area contributed by atoms with E-state index in [1.54, 1.807) is 35.9 Å². The summed E-state index contributed by atoms with van der Waals surface area (Å²) in [6, 6.07) is 10.3. The summed E-state index contributed by atoms with van der Waals surface area (Å²) in [7, 11) is 2.17. The van der Waals surface area contributed by atoms with Crippen molar-refractivity contribution in [2.45, 2.75) is 32.2 Å². The number of aryl methyl sites for hydroxylation is 2. The third-order valence-corrected chi connectivity index (χ3v) is 9.83. The summed E-state index contributed by atoms with van der Waals surface area (Å²) in [6.07, 6.45) is 1.03. The van der Waals surface area contributed by atoms with Crippen LogP contribution in [0.5, 0.6) is 5.75 Å². The van der Waals surface area contributed by atoms with E-state index in [9.17, 15) is 13.2 Å². The molecule has 2 aliphatic rings. The average Bonchev–Trinajstić information content (AvgIpc) is 3.62. The number of fused-ring (bicyclic) bond motifs is 5. The molecule has 0 spiro atoms. The Balaban J connectivity index is 1.07. The molecule has 4 heterocycles. The van der Waals surface area contributed by atoms with Gasteiger partial charge >= 0.3 is 6.18 Å². The molecule has 234 valence electrons. The zero-order valence-electron chi connectivity index (χ0n) is 24.6. The summed E-state index contributed by atoms with van der Waals surface area (Å²) in [5, 5.41) is 9.66. The topological polar surface area (TPSA) is 71.3 Å². The van der Waals surface area contributed by atoms with E-state index in [0.717, 1.165) is 80.2 Å². The highest BCUT2D eigenvalue weighted by Gasteiger charge is 2.30. The quantitative estimate of drug-likeness (QED) is 0.195. The lowest BCUT2D eigenvalue weighted by molar-refractivity contribution is -0.137. The molecule has 1 aliphatic heterocycles. The van der Waals surface area contributed by atoms with Gasteiger partial charge in [-0.15, -0.1) is 11.3 Å². The maximum absolute atomic E-state index is 13.1. The Hall–Kier alpha value is -3.71. The molecule has 3 aromatic heterocycles. The van der Waals surface area contributed by atoms with Gasteiger partial charge in [-0.3, -0.25) is 9.58 Å². The smallest absolute Gasteiger partial charge is 0.416 e. The first-order chi connectivity index (χ1) is 21.7. The summed E-state index contributed by atoms with van der Waals surface area (Å²) in [5.41, 5.74) is 3.91. The number of alkyl halides is 3. The fourth-order valence-electron chi connectivity index (χ4n) is 5.88. The number of thiophene rings is 1. The molecule has 0 amide bonds. The maximum Gasteiger partial charge on any atom is 0.416 e. The summed E-state index contributed by atoms with van der Waals surface area (Å²) in [5.74, 6) is 1.06. The Bertz CT molecular complexity index is 1850. The van der Waals surface area contributed by atoms with Crippen LogP contribution in [0.1, 0.15) is 22.4 Å². The minimum atomic E-state index is -4.41. The summed E-state index contributed by atoms with van der Waals surface area (Å²) in [4.78, 5) is 16.1. The highest BCUT2D eigenvalue weighted by Crippen LogP contribution is 2.45. The number of likely N-dealkylation sites (N-methyl/N-ethyl adjacent to an activating group) is 1. The molecule has 0 unspecified atom stereocenters. The van der Waals surface area contributed by atoms with Crippen molar-refractivity contribution in [1.29, 1.82) is 0 Å². The van der Waals surface area contributed by atoms with E-state index in [-0.39, 0.29) is 6.61 Å². The van der Waals surface area contributed by atoms with Crippen molar-refractivity contribution in [3.05, 3.63) is 82.4 Å². The zero-order valence-corrected chi connectivity index (χ0v) is 26.1. The second kappa shape index (κ2) is 12.2. The van der Waals surface area contributed by atoms with Crippen molar-refractivity contribution in [2.24, 2.45) is 0 Å². The number of anilines is 2. The largest absolute Gasteiger partial charge is 0.487 e. The number of nitrogens with one attached hydrogen (secondary N) is 1. The van der Waals surface area contributed by atoms with Crippen LogP contribution in [0.3, 0.4) is 0 Å². The van der Waals surface area contributed by atoms with Gasteiger partial charge in [-0.1, -0.05) is 23.7 Å². The van der Waals surface area contributed by atoms with Crippen LogP contribution < -0.4 is 10.1 Å². The van der Waals surface area contributed by atoms with Crippen LogP contribution in [0.4, 0.5) is 24.7 Å². The molecule has 0 bridgehead atoms. The summed E-state index contributed by atoms with van der Waals surface area (Å²) < 4.78 is 47.0. The van der Waals surface area contributed by atoms with Crippen LogP contribution in [0.2, 0.25) is 5.02 Å². The van der Waals surface area contributed by atoms with Crippen LogP contribution in [0, 0.1) is 0 Å². The van der Waals surface area contributed by atoms with Crippen molar-refractivity contribution >= 4 is 44.7 Å². The number of benzene rings is 2. The van der Waals surface area contributed by atoms with Gasteiger partial charge in [0, 0.05) is 55.0 Å². The zero-order chi connectivity index (χ0) is 31.1. The summed E-state index contributed by atoms with van der Waals surface area (Å²) >= 11 is 8.19. The predicted octanol–water partition coefficient (Wildman–Crippen LogP) is 6.90. The molecule has 45 heavy (non-hydrogen) atoms. The number of rotatable bonds is 8. The van der Waals surface area contributed by atoms with Crippen LogP contribution in [0.15, 0.2) is 55.0 Å².